The predicted octanol–water partition coefficient (Wildman–Crippen LogP) is 1.90. The molecule has 6 heteroatoms. The number of carbonyl (C=O) groups is 1. The number of anilines is 1. The molecular formula is C13H13F3N2O. The summed E-state index contributed by atoms with van der Waals surface area (Å²) in [5.74, 6) is -4.34. The number of amides is 1. The Balaban J connectivity index is 2.09. The molecule has 0 radical (unpaired) electrons. The van der Waals surface area contributed by atoms with Gasteiger partial charge in [0.2, 0.25) is 0 Å². The summed E-state index contributed by atoms with van der Waals surface area (Å²) < 4.78 is 42.4. The first kappa shape index (κ1) is 12.3. The Hall–Kier alpha value is -1.72. The fourth-order valence-corrected chi connectivity index (χ4v) is 2.92. The van der Waals surface area contributed by atoms with Gasteiger partial charge in [-0.05, 0) is 30.2 Å². The Morgan fingerprint density at radius 1 is 1.32 bits per heavy atom. The molecule has 1 aromatic rings. The van der Waals surface area contributed by atoms with Gasteiger partial charge in [0.25, 0.3) is 11.8 Å². The van der Waals surface area contributed by atoms with Crippen LogP contribution in [-0.4, -0.2) is 17.5 Å². The molecule has 1 fully saturated rings. The van der Waals surface area contributed by atoms with E-state index < -0.39 is 29.5 Å². The minimum atomic E-state index is -3.34. The largest absolute Gasteiger partial charge is 0.399 e. The van der Waals surface area contributed by atoms with Crippen LogP contribution in [0.1, 0.15) is 24.5 Å². The number of nitrogens with one attached hydrogen (secondary N) is 1. The number of halogens is 3. The average molecular weight is 270 g/mol. The monoisotopic (exact) mass is 270 g/mol. The van der Waals surface area contributed by atoms with Crippen molar-refractivity contribution in [1.82, 2.24) is 5.32 Å². The highest BCUT2D eigenvalue weighted by Crippen LogP contribution is 2.55. The lowest BCUT2D eigenvalue weighted by Crippen LogP contribution is -2.71. The summed E-state index contributed by atoms with van der Waals surface area (Å²) in [5, 5.41) is 2.17. The van der Waals surface area contributed by atoms with Crippen LogP contribution in [0, 0.1) is 0 Å². The van der Waals surface area contributed by atoms with Gasteiger partial charge in [0.1, 0.15) is 5.54 Å². The van der Waals surface area contributed by atoms with Gasteiger partial charge in [-0.3, -0.25) is 4.79 Å². The number of hydrogen-bond acceptors (Lipinski definition) is 2. The van der Waals surface area contributed by atoms with Gasteiger partial charge in [-0.1, -0.05) is 6.07 Å². The summed E-state index contributed by atoms with van der Waals surface area (Å²) in [5.41, 5.74) is 2.58. The van der Waals surface area contributed by atoms with Crippen LogP contribution in [0.3, 0.4) is 0 Å². The Morgan fingerprint density at radius 2 is 2.00 bits per heavy atom. The smallest absolute Gasteiger partial charge is 0.278 e. The molecule has 3 nitrogen and oxygen atoms in total. The van der Waals surface area contributed by atoms with Crippen molar-refractivity contribution in [2.75, 3.05) is 5.73 Å². The molecule has 1 heterocycles. The third-order valence-corrected chi connectivity index (χ3v) is 4.03. The van der Waals surface area contributed by atoms with Gasteiger partial charge in [-0.2, -0.15) is 0 Å². The van der Waals surface area contributed by atoms with Crippen molar-refractivity contribution < 1.29 is 18.0 Å². The molecule has 1 aromatic carbocycles. The first-order valence-corrected chi connectivity index (χ1v) is 5.96. The topological polar surface area (TPSA) is 55.1 Å². The van der Waals surface area contributed by atoms with E-state index in [-0.39, 0.29) is 6.42 Å². The SMILES string of the molecule is CC1(F)CC(F)(F)[C@]2(Cc3ccc(N)cc32)NC1=O. The van der Waals surface area contributed by atoms with Gasteiger partial charge in [-0.15, -0.1) is 0 Å². The van der Waals surface area contributed by atoms with E-state index in [1.165, 1.54) is 6.07 Å². The second-order valence-electron chi connectivity index (χ2n) is 5.53. The van der Waals surface area contributed by atoms with Crippen LogP contribution >= 0.6 is 0 Å². The number of hydrogen-bond donors (Lipinski definition) is 2. The second-order valence-corrected chi connectivity index (χ2v) is 5.53. The fraction of sp³-hybridized carbons (Fsp3) is 0.462. The zero-order valence-corrected chi connectivity index (χ0v) is 10.3. The Morgan fingerprint density at radius 3 is 2.68 bits per heavy atom. The molecule has 1 aliphatic heterocycles. The predicted molar refractivity (Wildman–Crippen MR) is 63.5 cm³/mol. The second kappa shape index (κ2) is 3.23. The minimum Gasteiger partial charge on any atom is -0.399 e. The first-order chi connectivity index (χ1) is 8.68. The molecule has 0 aromatic heterocycles. The van der Waals surface area contributed by atoms with E-state index in [1.807, 2.05) is 0 Å². The fourth-order valence-electron chi connectivity index (χ4n) is 2.92. The third kappa shape index (κ3) is 1.42. The van der Waals surface area contributed by atoms with Crippen LogP contribution in [-0.2, 0) is 16.8 Å². The van der Waals surface area contributed by atoms with Crippen LogP contribution in [0.2, 0.25) is 0 Å². The van der Waals surface area contributed by atoms with E-state index >= 15 is 0 Å². The molecule has 0 saturated carbocycles. The van der Waals surface area contributed by atoms with Crippen molar-refractivity contribution in [1.29, 1.82) is 0 Å². The van der Waals surface area contributed by atoms with Crippen molar-refractivity contribution in [3.8, 4) is 0 Å². The molecule has 3 rings (SSSR count). The first-order valence-electron chi connectivity index (χ1n) is 5.96. The zero-order chi connectivity index (χ0) is 14.1. The standard InChI is InChI=1S/C13H13F3N2O/c1-11(14)6-13(15,16)12(18-10(11)19)5-7-2-3-8(17)4-9(7)12/h2-4H,5-6,17H2,1H3,(H,18,19)/t11?,12-/m1/s1. The van der Waals surface area contributed by atoms with E-state index in [0.717, 1.165) is 6.92 Å². The number of nitrogen functional groups attached to an aromatic ring is 1. The molecule has 2 atom stereocenters. The summed E-state index contributed by atoms with van der Waals surface area (Å²) in [6, 6.07) is 4.70. The van der Waals surface area contributed by atoms with Crippen molar-refractivity contribution >= 4 is 11.6 Å². The number of benzene rings is 1. The zero-order valence-electron chi connectivity index (χ0n) is 10.3. The maximum Gasteiger partial charge on any atom is 0.278 e. The van der Waals surface area contributed by atoms with Crippen LogP contribution < -0.4 is 11.1 Å². The Bertz CT molecular complexity index is 585. The van der Waals surface area contributed by atoms with Crippen molar-refractivity contribution in [3.63, 3.8) is 0 Å². The van der Waals surface area contributed by atoms with Crippen molar-refractivity contribution in [2.45, 2.75) is 36.9 Å². The molecule has 2 aliphatic rings. The molecule has 3 N–H and O–H groups in total. The minimum absolute atomic E-state index is 0.00255. The van der Waals surface area contributed by atoms with Gasteiger partial charge >= 0.3 is 0 Å². The maximum atomic E-state index is 14.3. The number of fused-ring (bicyclic) bond motifs is 2. The number of rotatable bonds is 0. The van der Waals surface area contributed by atoms with Crippen molar-refractivity contribution in [2.24, 2.45) is 0 Å². The highest BCUT2D eigenvalue weighted by molar-refractivity contribution is 5.87. The van der Waals surface area contributed by atoms with E-state index in [4.69, 9.17) is 5.73 Å². The molecule has 1 aliphatic carbocycles. The third-order valence-electron chi connectivity index (χ3n) is 4.03. The lowest BCUT2D eigenvalue weighted by atomic mass is 9.62. The highest BCUT2D eigenvalue weighted by atomic mass is 19.3. The van der Waals surface area contributed by atoms with Crippen LogP contribution in [0.5, 0.6) is 0 Å². The molecular weight excluding hydrogens is 257 g/mol. The van der Waals surface area contributed by atoms with Crippen LogP contribution in [0.15, 0.2) is 18.2 Å². The average Bonchev–Trinajstić information content (AvgIpc) is 2.25. The number of nitrogens with two attached hydrogens (primary N) is 1. The summed E-state index contributed by atoms with van der Waals surface area (Å²) in [6.07, 6.45) is -1.11. The number of carbonyl (C=O) groups excluding carboxylic acids is 1. The van der Waals surface area contributed by atoms with Gasteiger partial charge in [0, 0.05) is 12.1 Å². The normalized spacial score (nSPS) is 35.5. The molecule has 102 valence electrons. The van der Waals surface area contributed by atoms with Crippen LogP contribution in [0.25, 0.3) is 0 Å². The van der Waals surface area contributed by atoms with Gasteiger partial charge < -0.3 is 11.1 Å². The van der Waals surface area contributed by atoms with E-state index in [9.17, 15) is 18.0 Å². The molecule has 0 bridgehead atoms. The molecule has 1 saturated heterocycles. The molecule has 1 spiro atoms. The Kier molecular flexibility index (Phi) is 2.10. The van der Waals surface area contributed by atoms with Crippen LogP contribution in [0.4, 0.5) is 18.9 Å². The van der Waals surface area contributed by atoms with Gasteiger partial charge in [0.05, 0.1) is 6.42 Å². The number of alkyl halides is 3. The molecule has 1 unspecified atom stereocenters. The van der Waals surface area contributed by atoms with Crippen molar-refractivity contribution in [3.05, 3.63) is 29.3 Å². The lowest BCUT2D eigenvalue weighted by Gasteiger charge is -2.53. The maximum absolute atomic E-state index is 14.3. The Labute approximate surface area is 108 Å². The quantitative estimate of drug-likeness (QED) is 0.707. The van der Waals surface area contributed by atoms with E-state index in [1.54, 1.807) is 12.1 Å². The lowest BCUT2D eigenvalue weighted by molar-refractivity contribution is -0.182. The number of piperidine rings is 1. The van der Waals surface area contributed by atoms with Gasteiger partial charge in [0.15, 0.2) is 5.67 Å². The van der Waals surface area contributed by atoms with E-state index in [2.05, 4.69) is 5.32 Å². The molecule has 1 amide bonds. The summed E-state index contributed by atoms with van der Waals surface area (Å²) >= 11 is 0. The van der Waals surface area contributed by atoms with Gasteiger partial charge in [-0.25, -0.2) is 13.2 Å². The summed E-state index contributed by atoms with van der Waals surface area (Å²) in [6.45, 7) is 0.877. The summed E-state index contributed by atoms with van der Waals surface area (Å²) in [4.78, 5) is 11.7. The van der Waals surface area contributed by atoms with E-state index in [0.29, 0.717) is 16.8 Å². The highest BCUT2D eigenvalue weighted by Gasteiger charge is 2.68. The summed E-state index contributed by atoms with van der Waals surface area (Å²) in [7, 11) is 0. The molecule has 19 heavy (non-hydrogen) atoms.